The van der Waals surface area contributed by atoms with E-state index in [1.165, 1.54) is 9.36 Å². The average Bonchev–Trinajstić information content (AvgIpc) is 3.00. The van der Waals surface area contributed by atoms with Gasteiger partial charge >= 0.3 is 5.97 Å². The molecule has 0 unspecified atom stereocenters. The fraction of sp³-hybridized carbons (Fsp3) is 0.688. The number of rotatable bonds is 7. The van der Waals surface area contributed by atoms with E-state index in [0.717, 1.165) is 23.5 Å². The van der Waals surface area contributed by atoms with Gasteiger partial charge in [-0.15, -0.1) is 23.5 Å². The number of hydrogen-bond acceptors (Lipinski definition) is 8. The smallest absolute Gasteiger partial charge is 0.313 e. The maximum absolute atomic E-state index is 12.8. The lowest BCUT2D eigenvalue weighted by molar-refractivity contribution is -0.160. The number of carbonyl (C=O) groups is 1. The number of esters is 1. The molecule has 10 heteroatoms. The summed E-state index contributed by atoms with van der Waals surface area (Å²) in [5, 5.41) is 18.1. The van der Waals surface area contributed by atoms with Gasteiger partial charge in [0.1, 0.15) is 5.60 Å². The topological polar surface area (TPSA) is 111 Å². The van der Waals surface area contributed by atoms with Crippen molar-refractivity contribution in [3.8, 4) is 0 Å². The second-order valence-electron chi connectivity index (χ2n) is 6.81. The number of nitrogens with zero attached hydrogens (tertiary/aromatic N) is 2. The third-order valence-electron chi connectivity index (χ3n) is 3.56. The van der Waals surface area contributed by atoms with E-state index in [2.05, 4.69) is 0 Å². The van der Waals surface area contributed by atoms with Gasteiger partial charge in [-0.2, -0.15) is 0 Å². The SMILES string of the molecule is CC(C)(C)OC(=O)C1Cn2c(=O)c(SCCO)c(SCCO)c(=O)n2C1. The standard InChI is InChI=1S/C16H24N2O6S2/c1-16(2,3)24-15(23)10-8-17-13(21)11(25-6-4-19)12(26-7-5-20)14(22)18(17)9-10/h10,19-20H,4-9H2,1-3H3. The predicted octanol–water partition coefficient (Wildman–Crippen LogP) is 0.150. The van der Waals surface area contributed by atoms with E-state index in [1.54, 1.807) is 20.8 Å². The molecule has 1 aromatic heterocycles. The van der Waals surface area contributed by atoms with Crippen LogP contribution in [0.25, 0.3) is 0 Å². The Morgan fingerprint density at radius 1 is 1.04 bits per heavy atom. The minimum absolute atomic E-state index is 0.0839. The Hall–Kier alpha value is -1.23. The van der Waals surface area contributed by atoms with Crippen molar-refractivity contribution in [3.63, 3.8) is 0 Å². The Kier molecular flexibility index (Phi) is 7.00. The van der Waals surface area contributed by atoms with Gasteiger partial charge in [0.15, 0.2) is 0 Å². The van der Waals surface area contributed by atoms with Gasteiger partial charge in [0.2, 0.25) is 0 Å². The van der Waals surface area contributed by atoms with Crippen LogP contribution < -0.4 is 11.1 Å². The number of aliphatic hydroxyl groups is 2. The number of ether oxygens (including phenoxy) is 1. The first-order valence-electron chi connectivity index (χ1n) is 8.27. The normalized spacial score (nSPS) is 14.5. The monoisotopic (exact) mass is 404 g/mol. The summed E-state index contributed by atoms with van der Waals surface area (Å²) < 4.78 is 7.93. The molecule has 2 heterocycles. The molecule has 0 radical (unpaired) electrons. The lowest BCUT2D eigenvalue weighted by atomic mass is 10.1. The van der Waals surface area contributed by atoms with Crippen molar-refractivity contribution in [2.45, 2.75) is 49.3 Å². The molecular weight excluding hydrogens is 380 g/mol. The Bertz CT molecular complexity index is 730. The van der Waals surface area contributed by atoms with Crippen LogP contribution in [0, 0.1) is 5.92 Å². The van der Waals surface area contributed by atoms with Gasteiger partial charge in [0, 0.05) is 11.5 Å². The van der Waals surface area contributed by atoms with Crippen molar-refractivity contribution in [1.82, 2.24) is 9.36 Å². The number of hydrogen-bond donors (Lipinski definition) is 2. The molecule has 0 saturated carbocycles. The summed E-state index contributed by atoms with van der Waals surface area (Å²) in [6, 6.07) is 0. The van der Waals surface area contributed by atoms with Gasteiger partial charge in [0.05, 0.1) is 42.0 Å². The number of carbonyl (C=O) groups excluding carboxylic acids is 1. The highest BCUT2D eigenvalue weighted by Gasteiger charge is 2.34. The fourth-order valence-electron chi connectivity index (χ4n) is 2.57. The molecule has 146 valence electrons. The second-order valence-corrected chi connectivity index (χ2v) is 9.02. The molecule has 0 fully saturated rings. The lowest BCUT2D eigenvalue weighted by Gasteiger charge is -2.21. The van der Waals surface area contributed by atoms with E-state index >= 15 is 0 Å². The zero-order valence-electron chi connectivity index (χ0n) is 15.1. The molecule has 0 aliphatic carbocycles. The summed E-state index contributed by atoms with van der Waals surface area (Å²) in [7, 11) is 0. The Balaban J connectivity index is 2.40. The highest BCUT2D eigenvalue weighted by Crippen LogP contribution is 2.26. The van der Waals surface area contributed by atoms with Crippen molar-refractivity contribution in [3.05, 3.63) is 20.7 Å². The van der Waals surface area contributed by atoms with Crippen LogP contribution in [0.4, 0.5) is 0 Å². The lowest BCUT2D eigenvalue weighted by Crippen LogP contribution is -2.36. The van der Waals surface area contributed by atoms with Gasteiger partial charge in [-0.3, -0.25) is 14.4 Å². The summed E-state index contributed by atoms with van der Waals surface area (Å²) in [5.41, 5.74) is -1.38. The largest absolute Gasteiger partial charge is 0.460 e. The molecule has 0 amide bonds. The molecule has 0 bridgehead atoms. The van der Waals surface area contributed by atoms with Crippen molar-refractivity contribution in [1.29, 1.82) is 0 Å². The quantitative estimate of drug-likeness (QED) is 0.488. The molecular formula is C16H24N2O6S2. The van der Waals surface area contributed by atoms with Crippen LogP contribution in [-0.2, 0) is 22.6 Å². The van der Waals surface area contributed by atoms with E-state index in [0.29, 0.717) is 0 Å². The molecule has 0 spiro atoms. The number of aromatic nitrogens is 2. The van der Waals surface area contributed by atoms with Crippen LogP contribution in [0.1, 0.15) is 20.8 Å². The van der Waals surface area contributed by atoms with E-state index in [1.807, 2.05) is 0 Å². The van der Waals surface area contributed by atoms with Crippen molar-refractivity contribution in [2.24, 2.45) is 5.92 Å². The molecule has 2 N–H and O–H groups in total. The fourth-order valence-corrected chi connectivity index (χ4v) is 4.41. The second kappa shape index (κ2) is 8.64. The molecule has 1 aliphatic rings. The highest BCUT2D eigenvalue weighted by atomic mass is 32.2. The number of fused-ring (bicyclic) bond motifs is 1. The first-order valence-corrected chi connectivity index (χ1v) is 10.2. The van der Waals surface area contributed by atoms with Crippen LogP contribution in [0.3, 0.4) is 0 Å². The summed E-state index contributed by atoms with van der Waals surface area (Å²) >= 11 is 2.22. The van der Waals surface area contributed by atoms with E-state index in [-0.39, 0.29) is 58.7 Å². The van der Waals surface area contributed by atoms with Crippen molar-refractivity contribution in [2.75, 3.05) is 24.7 Å². The highest BCUT2D eigenvalue weighted by molar-refractivity contribution is 8.02. The molecule has 0 saturated heterocycles. The Labute approximate surface area is 159 Å². The molecule has 8 nitrogen and oxygen atoms in total. The minimum Gasteiger partial charge on any atom is -0.460 e. The van der Waals surface area contributed by atoms with Gasteiger partial charge in [-0.25, -0.2) is 9.36 Å². The van der Waals surface area contributed by atoms with E-state index in [9.17, 15) is 14.4 Å². The molecule has 1 aromatic rings. The Morgan fingerprint density at radius 3 is 1.81 bits per heavy atom. The summed E-state index contributed by atoms with van der Waals surface area (Å²) in [6.07, 6.45) is 0. The van der Waals surface area contributed by atoms with E-state index < -0.39 is 17.5 Å². The average molecular weight is 405 g/mol. The molecule has 1 aliphatic heterocycles. The summed E-state index contributed by atoms with van der Waals surface area (Å²) in [5.74, 6) is -0.489. The maximum Gasteiger partial charge on any atom is 0.313 e. The Morgan fingerprint density at radius 2 is 1.46 bits per heavy atom. The third-order valence-corrected chi connectivity index (χ3v) is 5.79. The maximum atomic E-state index is 12.8. The van der Waals surface area contributed by atoms with Crippen molar-refractivity contribution >= 4 is 29.5 Å². The number of thioether (sulfide) groups is 2. The molecule has 0 atom stereocenters. The van der Waals surface area contributed by atoms with Crippen LogP contribution in [-0.4, -0.2) is 55.9 Å². The molecule has 2 rings (SSSR count). The first kappa shape index (κ1) is 21.1. The first-order chi connectivity index (χ1) is 12.2. The molecule has 26 heavy (non-hydrogen) atoms. The van der Waals surface area contributed by atoms with Crippen LogP contribution in [0.15, 0.2) is 19.4 Å². The van der Waals surface area contributed by atoms with Gasteiger partial charge in [0.25, 0.3) is 11.1 Å². The van der Waals surface area contributed by atoms with Crippen LogP contribution in [0.2, 0.25) is 0 Å². The van der Waals surface area contributed by atoms with Gasteiger partial charge in [-0.05, 0) is 20.8 Å². The zero-order chi connectivity index (χ0) is 19.5. The predicted molar refractivity (Wildman–Crippen MR) is 99.9 cm³/mol. The molecule has 0 aromatic carbocycles. The summed E-state index contributed by atoms with van der Waals surface area (Å²) in [6.45, 7) is 5.20. The summed E-state index contributed by atoms with van der Waals surface area (Å²) in [4.78, 5) is 38.5. The zero-order valence-corrected chi connectivity index (χ0v) is 16.7. The van der Waals surface area contributed by atoms with Gasteiger partial charge in [-0.1, -0.05) is 0 Å². The van der Waals surface area contributed by atoms with Crippen molar-refractivity contribution < 1.29 is 19.7 Å². The minimum atomic E-state index is -0.647. The number of aliphatic hydroxyl groups excluding tert-OH is 2. The van der Waals surface area contributed by atoms with Gasteiger partial charge < -0.3 is 14.9 Å². The van der Waals surface area contributed by atoms with E-state index in [4.69, 9.17) is 14.9 Å². The third kappa shape index (κ3) is 4.73. The van der Waals surface area contributed by atoms with Crippen LogP contribution >= 0.6 is 23.5 Å². The van der Waals surface area contributed by atoms with Crippen LogP contribution in [0.5, 0.6) is 0 Å².